The van der Waals surface area contributed by atoms with Gasteiger partial charge in [-0.1, -0.05) is 24.9 Å². The summed E-state index contributed by atoms with van der Waals surface area (Å²) in [7, 11) is -3.50. The summed E-state index contributed by atoms with van der Waals surface area (Å²) in [5.74, 6) is 0.701. The third-order valence-electron chi connectivity index (χ3n) is 4.25. The Labute approximate surface area is 137 Å². The molecule has 1 aliphatic heterocycles. The Morgan fingerprint density at radius 3 is 2.71 bits per heavy atom. The van der Waals surface area contributed by atoms with Crippen molar-refractivity contribution < 1.29 is 8.42 Å². The molecule has 0 N–H and O–H groups in total. The first kappa shape index (κ1) is 17.1. The fourth-order valence-corrected chi connectivity index (χ4v) is 5.26. The van der Waals surface area contributed by atoms with Crippen LogP contribution in [0.2, 0.25) is 5.02 Å². The van der Waals surface area contributed by atoms with Crippen LogP contribution in [0.5, 0.6) is 0 Å². The first-order valence-corrected chi connectivity index (χ1v) is 9.60. The second kappa shape index (κ2) is 6.86. The van der Waals surface area contributed by atoms with Crippen LogP contribution in [-0.2, 0) is 15.9 Å². The zero-order valence-corrected chi connectivity index (χ0v) is 14.7. The van der Waals surface area contributed by atoms with Crippen LogP contribution in [0.1, 0.15) is 37.3 Å². The molecule has 1 atom stereocenters. The molecule has 1 saturated heterocycles. The highest BCUT2D eigenvalue weighted by molar-refractivity contribution is 7.89. The van der Waals surface area contributed by atoms with Crippen molar-refractivity contribution in [3.8, 4) is 0 Å². The molecule has 1 heterocycles. The first-order chi connectivity index (χ1) is 9.90. The Morgan fingerprint density at radius 1 is 1.38 bits per heavy atom. The number of hydrogen-bond donors (Lipinski definition) is 0. The first-order valence-electron chi connectivity index (χ1n) is 7.25. The molecule has 0 saturated carbocycles. The van der Waals surface area contributed by atoms with Crippen molar-refractivity contribution in [2.45, 2.75) is 43.9 Å². The number of alkyl halides is 1. The third-order valence-corrected chi connectivity index (χ3v) is 6.75. The van der Waals surface area contributed by atoms with E-state index in [1.165, 1.54) is 6.07 Å². The van der Waals surface area contributed by atoms with E-state index in [0.717, 1.165) is 24.8 Å². The molecule has 6 heteroatoms. The molecule has 3 nitrogen and oxygen atoms in total. The molecule has 0 bridgehead atoms. The predicted octanol–water partition coefficient (Wildman–Crippen LogP) is 4.20. The van der Waals surface area contributed by atoms with Crippen LogP contribution in [-0.4, -0.2) is 25.8 Å². The van der Waals surface area contributed by atoms with Gasteiger partial charge in [-0.2, -0.15) is 4.31 Å². The van der Waals surface area contributed by atoms with Gasteiger partial charge in [-0.15, -0.1) is 11.6 Å². The maximum atomic E-state index is 12.9. The van der Waals surface area contributed by atoms with E-state index in [9.17, 15) is 8.42 Å². The van der Waals surface area contributed by atoms with Gasteiger partial charge in [0.2, 0.25) is 10.0 Å². The molecule has 118 valence electrons. The van der Waals surface area contributed by atoms with Crippen LogP contribution in [0.3, 0.4) is 0 Å². The number of benzene rings is 1. The van der Waals surface area contributed by atoms with Crippen LogP contribution >= 0.6 is 23.2 Å². The molecule has 0 aliphatic carbocycles. The number of nitrogens with zero attached hydrogens (tertiary/aromatic N) is 1. The van der Waals surface area contributed by atoms with Gasteiger partial charge in [0.1, 0.15) is 0 Å². The summed E-state index contributed by atoms with van der Waals surface area (Å²) in [5.41, 5.74) is 1.47. The van der Waals surface area contributed by atoms with Crippen LogP contribution < -0.4 is 0 Å². The zero-order chi connectivity index (χ0) is 15.6. The number of rotatable bonds is 4. The summed E-state index contributed by atoms with van der Waals surface area (Å²) in [5, 5.41) is 0.416. The standard InChI is InChI=1S/C15H21Cl2NO2S/c1-3-12-5-4-6-18(10-12)21(19,20)15-8-14(17)7-13(9-16)11(15)2/h7-8,12H,3-6,9-10H2,1-2H3. The van der Waals surface area contributed by atoms with E-state index >= 15 is 0 Å². The van der Waals surface area contributed by atoms with Crippen LogP contribution in [0.4, 0.5) is 0 Å². The number of hydrogen-bond acceptors (Lipinski definition) is 2. The van der Waals surface area contributed by atoms with Gasteiger partial charge >= 0.3 is 0 Å². The van der Waals surface area contributed by atoms with Gasteiger partial charge in [-0.3, -0.25) is 0 Å². The average molecular weight is 350 g/mol. The van der Waals surface area contributed by atoms with Crippen molar-refractivity contribution in [1.82, 2.24) is 4.31 Å². The Hall–Kier alpha value is -0.290. The highest BCUT2D eigenvalue weighted by atomic mass is 35.5. The van der Waals surface area contributed by atoms with E-state index < -0.39 is 10.0 Å². The molecule has 0 amide bonds. The lowest BCUT2D eigenvalue weighted by molar-refractivity contribution is 0.261. The lowest BCUT2D eigenvalue weighted by Gasteiger charge is -2.32. The largest absolute Gasteiger partial charge is 0.243 e. The Bertz CT molecular complexity index is 616. The number of sulfonamides is 1. The summed E-state index contributed by atoms with van der Waals surface area (Å²) in [6.07, 6.45) is 3.02. The smallest absolute Gasteiger partial charge is 0.207 e. The van der Waals surface area contributed by atoms with Gasteiger partial charge in [0, 0.05) is 24.0 Å². The van der Waals surface area contributed by atoms with Crippen molar-refractivity contribution in [3.05, 3.63) is 28.3 Å². The van der Waals surface area contributed by atoms with E-state index in [1.54, 1.807) is 17.3 Å². The van der Waals surface area contributed by atoms with E-state index in [2.05, 4.69) is 6.92 Å². The van der Waals surface area contributed by atoms with Gasteiger partial charge in [0.05, 0.1) is 4.90 Å². The molecular formula is C15H21Cl2NO2S. The maximum absolute atomic E-state index is 12.9. The van der Waals surface area contributed by atoms with Crippen LogP contribution in [0, 0.1) is 12.8 Å². The Morgan fingerprint density at radius 2 is 2.10 bits per heavy atom. The summed E-state index contributed by atoms with van der Waals surface area (Å²) < 4.78 is 27.4. The lowest BCUT2D eigenvalue weighted by Crippen LogP contribution is -2.40. The number of halogens is 2. The highest BCUT2D eigenvalue weighted by Crippen LogP contribution is 2.30. The topological polar surface area (TPSA) is 37.4 Å². The average Bonchev–Trinajstić information content (AvgIpc) is 2.49. The van der Waals surface area contributed by atoms with Crippen molar-refractivity contribution in [2.75, 3.05) is 13.1 Å². The van der Waals surface area contributed by atoms with Gasteiger partial charge in [0.25, 0.3) is 0 Å². The van der Waals surface area contributed by atoms with Gasteiger partial charge < -0.3 is 0 Å². The molecule has 1 aromatic rings. The van der Waals surface area contributed by atoms with Gasteiger partial charge in [-0.25, -0.2) is 8.42 Å². The summed E-state index contributed by atoms with van der Waals surface area (Å²) >= 11 is 12.0. The summed E-state index contributed by atoms with van der Waals surface area (Å²) in [4.78, 5) is 0.294. The second-order valence-corrected chi connectivity index (χ2v) is 8.21. The molecular weight excluding hydrogens is 329 g/mol. The lowest BCUT2D eigenvalue weighted by atomic mass is 9.97. The fraction of sp³-hybridized carbons (Fsp3) is 0.600. The SMILES string of the molecule is CCC1CCCN(S(=O)(=O)c2cc(Cl)cc(CCl)c2C)C1. The highest BCUT2D eigenvalue weighted by Gasteiger charge is 2.31. The summed E-state index contributed by atoms with van der Waals surface area (Å²) in [6.45, 7) is 5.08. The van der Waals surface area contributed by atoms with Crippen LogP contribution in [0.25, 0.3) is 0 Å². The van der Waals surface area contributed by atoms with E-state index in [0.29, 0.717) is 34.5 Å². The molecule has 0 radical (unpaired) electrons. The van der Waals surface area contributed by atoms with Crippen molar-refractivity contribution in [1.29, 1.82) is 0 Å². The fourth-order valence-electron chi connectivity index (χ4n) is 2.83. The molecule has 1 aliphatic rings. The van der Waals surface area contributed by atoms with Crippen molar-refractivity contribution in [3.63, 3.8) is 0 Å². The number of piperidine rings is 1. The van der Waals surface area contributed by atoms with Crippen LogP contribution in [0.15, 0.2) is 17.0 Å². The second-order valence-electron chi connectivity index (χ2n) is 5.60. The Balaban J connectivity index is 2.42. The predicted molar refractivity (Wildman–Crippen MR) is 87.5 cm³/mol. The minimum atomic E-state index is -3.50. The quantitative estimate of drug-likeness (QED) is 0.764. The van der Waals surface area contributed by atoms with E-state index in [-0.39, 0.29) is 5.88 Å². The molecule has 0 aromatic heterocycles. The summed E-state index contributed by atoms with van der Waals surface area (Å²) in [6, 6.07) is 3.27. The molecule has 2 rings (SSSR count). The third kappa shape index (κ3) is 3.55. The monoisotopic (exact) mass is 349 g/mol. The molecule has 1 aromatic carbocycles. The maximum Gasteiger partial charge on any atom is 0.243 e. The Kier molecular flexibility index (Phi) is 5.58. The van der Waals surface area contributed by atoms with Gasteiger partial charge in [-0.05, 0) is 48.9 Å². The molecule has 1 unspecified atom stereocenters. The van der Waals surface area contributed by atoms with E-state index in [1.807, 2.05) is 0 Å². The minimum absolute atomic E-state index is 0.256. The normalized spacial score (nSPS) is 20.7. The van der Waals surface area contributed by atoms with Gasteiger partial charge in [0.15, 0.2) is 0 Å². The molecule has 0 spiro atoms. The molecule has 1 fully saturated rings. The minimum Gasteiger partial charge on any atom is -0.207 e. The van der Waals surface area contributed by atoms with Crippen molar-refractivity contribution >= 4 is 33.2 Å². The zero-order valence-electron chi connectivity index (χ0n) is 12.4. The van der Waals surface area contributed by atoms with E-state index in [4.69, 9.17) is 23.2 Å². The van der Waals surface area contributed by atoms with Crippen molar-refractivity contribution in [2.24, 2.45) is 5.92 Å². The molecule has 21 heavy (non-hydrogen) atoms.